The van der Waals surface area contributed by atoms with Gasteiger partial charge in [-0.25, -0.2) is 14.2 Å². The molecule has 2 N–H and O–H groups in total. The molecule has 3 atom stereocenters. The van der Waals surface area contributed by atoms with Crippen molar-refractivity contribution >= 4 is 16.9 Å². The van der Waals surface area contributed by atoms with E-state index in [1.54, 1.807) is 24.5 Å². The van der Waals surface area contributed by atoms with Crippen molar-refractivity contribution in [2.75, 3.05) is 6.61 Å². The molecule has 2 unspecified atom stereocenters. The van der Waals surface area contributed by atoms with Crippen LogP contribution in [0.4, 0.5) is 4.39 Å². The summed E-state index contributed by atoms with van der Waals surface area (Å²) in [5.41, 5.74) is 2.02. The van der Waals surface area contributed by atoms with Gasteiger partial charge >= 0.3 is 5.97 Å². The van der Waals surface area contributed by atoms with Gasteiger partial charge in [0.05, 0.1) is 35.6 Å². The molecule has 4 aliphatic heterocycles. The predicted molar refractivity (Wildman–Crippen MR) is 132 cm³/mol. The first-order valence-electron chi connectivity index (χ1n) is 12.9. The number of halogens is 1. The zero-order valence-electron chi connectivity index (χ0n) is 20.8. The number of aliphatic hydroxyl groups excluding tert-OH is 1. The standard InChI is InChI=1S/C28H28FN3O5/c1-3-28(36)20-7-23-24-18(10-31(23)25(34)19(20)12-37-26(28)35)17(11-32-15-4-5-27(32,9-15)13-33)16-6-14(2)21(29)8-22(16)30-24/h6-8,15,33,36H,3-5,9-13H2,1-2H3/t15?,27?,28-/m0/s1. The molecule has 8 rings (SSSR count). The van der Waals surface area contributed by atoms with Crippen molar-refractivity contribution in [3.05, 3.63) is 62.2 Å². The van der Waals surface area contributed by atoms with Gasteiger partial charge in [-0.05, 0) is 55.9 Å². The Morgan fingerprint density at radius 2 is 2.05 bits per heavy atom. The van der Waals surface area contributed by atoms with Crippen LogP contribution in [0.5, 0.6) is 0 Å². The smallest absolute Gasteiger partial charge is 0.343 e. The lowest BCUT2D eigenvalue weighted by atomic mass is 9.85. The highest BCUT2D eigenvalue weighted by molar-refractivity contribution is 5.89. The highest BCUT2D eigenvalue weighted by Crippen LogP contribution is 2.51. The van der Waals surface area contributed by atoms with Crippen LogP contribution in [0.2, 0.25) is 0 Å². The summed E-state index contributed by atoms with van der Waals surface area (Å²) in [6.45, 7) is 4.16. The van der Waals surface area contributed by atoms with Crippen molar-refractivity contribution in [2.24, 2.45) is 0 Å². The zero-order chi connectivity index (χ0) is 25.9. The predicted octanol–water partition coefficient (Wildman–Crippen LogP) is 2.63. The van der Waals surface area contributed by atoms with Gasteiger partial charge in [0, 0.05) is 40.7 Å². The number of benzene rings is 1. The summed E-state index contributed by atoms with van der Waals surface area (Å²) in [5.74, 6) is -1.12. The van der Waals surface area contributed by atoms with E-state index in [9.17, 15) is 24.2 Å². The lowest BCUT2D eigenvalue weighted by Crippen LogP contribution is -2.60. The molecule has 6 heterocycles. The van der Waals surface area contributed by atoms with Crippen LogP contribution in [0, 0.1) is 12.7 Å². The summed E-state index contributed by atoms with van der Waals surface area (Å²) in [4.78, 5) is 33.3. The van der Waals surface area contributed by atoms with Gasteiger partial charge in [0.2, 0.25) is 0 Å². The molecule has 0 radical (unpaired) electrons. The lowest BCUT2D eigenvalue weighted by Gasteiger charge is -2.50. The van der Waals surface area contributed by atoms with Gasteiger partial charge in [-0.15, -0.1) is 0 Å². The van der Waals surface area contributed by atoms with Crippen LogP contribution in [0.25, 0.3) is 22.3 Å². The minimum Gasteiger partial charge on any atom is -0.458 e. The van der Waals surface area contributed by atoms with E-state index in [1.165, 1.54) is 6.07 Å². The molecular formula is C28H28FN3O5. The average molecular weight is 506 g/mol. The topological polar surface area (TPSA) is 105 Å². The Bertz CT molecular complexity index is 1600. The molecule has 0 spiro atoms. The zero-order valence-corrected chi connectivity index (χ0v) is 20.8. The van der Waals surface area contributed by atoms with Crippen molar-refractivity contribution in [1.82, 2.24) is 14.5 Å². The Labute approximate surface area is 212 Å². The number of nitrogens with zero attached hydrogens (tertiary/aromatic N) is 3. The molecule has 8 nitrogen and oxygen atoms in total. The third-order valence-electron chi connectivity index (χ3n) is 9.32. The first-order valence-corrected chi connectivity index (χ1v) is 12.9. The second kappa shape index (κ2) is 7.46. The minimum atomic E-state index is -1.90. The van der Waals surface area contributed by atoms with E-state index in [0.717, 1.165) is 35.8 Å². The van der Waals surface area contributed by atoms with E-state index < -0.39 is 11.6 Å². The fourth-order valence-corrected chi connectivity index (χ4v) is 7.05. The highest BCUT2D eigenvalue weighted by Gasteiger charge is 2.56. The molecule has 0 amide bonds. The first kappa shape index (κ1) is 23.0. The number of aryl methyl sites for hydroxylation is 1. The maximum absolute atomic E-state index is 14.7. The second-order valence-electron chi connectivity index (χ2n) is 11.0. The Balaban J connectivity index is 1.46. The Kier molecular flexibility index (Phi) is 4.64. The van der Waals surface area contributed by atoms with E-state index in [2.05, 4.69) is 4.90 Å². The lowest BCUT2D eigenvalue weighted by molar-refractivity contribution is -0.172. The quantitative estimate of drug-likeness (QED) is 0.411. The van der Waals surface area contributed by atoms with Crippen molar-refractivity contribution < 1.29 is 24.1 Å². The van der Waals surface area contributed by atoms with Crippen molar-refractivity contribution in [2.45, 2.75) is 76.4 Å². The van der Waals surface area contributed by atoms with Gasteiger partial charge in [-0.2, -0.15) is 0 Å². The van der Waals surface area contributed by atoms with E-state index in [4.69, 9.17) is 9.72 Å². The van der Waals surface area contributed by atoms with E-state index in [0.29, 0.717) is 35.1 Å². The monoisotopic (exact) mass is 505 g/mol. The van der Waals surface area contributed by atoms with Gasteiger partial charge in [-0.3, -0.25) is 9.69 Å². The molecule has 9 heteroatoms. The molecule has 2 saturated heterocycles. The van der Waals surface area contributed by atoms with E-state index >= 15 is 0 Å². The largest absolute Gasteiger partial charge is 0.458 e. The molecule has 1 saturated carbocycles. The van der Waals surface area contributed by atoms with Crippen LogP contribution < -0.4 is 5.56 Å². The molecular weight excluding hydrogens is 477 g/mol. The fraction of sp³-hybridized carbons (Fsp3) is 0.464. The number of hydrogen-bond donors (Lipinski definition) is 2. The average Bonchev–Trinajstić information content (AvgIpc) is 3.58. The van der Waals surface area contributed by atoms with E-state index in [1.807, 2.05) is 6.07 Å². The van der Waals surface area contributed by atoms with Crippen LogP contribution in [-0.2, 0) is 34.8 Å². The minimum absolute atomic E-state index is 0.0645. The Morgan fingerprint density at radius 3 is 2.78 bits per heavy atom. The van der Waals surface area contributed by atoms with Crippen LogP contribution in [0.1, 0.15) is 60.4 Å². The van der Waals surface area contributed by atoms with Gasteiger partial charge in [0.1, 0.15) is 12.4 Å². The number of rotatable bonds is 4. The van der Waals surface area contributed by atoms with E-state index in [-0.39, 0.29) is 54.2 Å². The summed E-state index contributed by atoms with van der Waals surface area (Å²) < 4.78 is 21.5. The van der Waals surface area contributed by atoms with Gasteiger partial charge in [0.25, 0.3) is 5.56 Å². The molecule has 192 valence electrons. The van der Waals surface area contributed by atoms with Crippen LogP contribution in [0.3, 0.4) is 0 Å². The summed E-state index contributed by atoms with van der Waals surface area (Å²) in [6, 6.07) is 5.33. The summed E-state index contributed by atoms with van der Waals surface area (Å²) >= 11 is 0. The number of aromatic nitrogens is 2. The number of carbonyl (C=O) groups excluding carboxylic acids is 1. The Morgan fingerprint density at radius 1 is 1.24 bits per heavy atom. The Hall–Kier alpha value is -3.14. The number of carbonyl (C=O) groups is 1. The SMILES string of the molecule is CC[C@@]1(O)C(=O)OCc2c1cc1n(c2=O)Cc2c-1nc1cc(F)c(C)cc1c2CN1C2CCC1(CO)C2. The molecule has 2 aromatic heterocycles. The molecule has 2 bridgehead atoms. The third kappa shape index (κ3) is 2.85. The van der Waals surface area contributed by atoms with Crippen molar-refractivity contribution in [3.63, 3.8) is 0 Å². The number of hydrogen-bond acceptors (Lipinski definition) is 7. The van der Waals surface area contributed by atoms with Gasteiger partial charge in [-0.1, -0.05) is 6.92 Å². The summed E-state index contributed by atoms with van der Waals surface area (Å²) in [5, 5.41) is 22.2. The fourth-order valence-electron chi connectivity index (χ4n) is 7.05. The van der Waals surface area contributed by atoms with Crippen LogP contribution in [0.15, 0.2) is 23.0 Å². The first-order chi connectivity index (χ1) is 17.7. The molecule has 3 aromatic rings. The number of aliphatic hydroxyl groups is 2. The molecule has 1 aromatic carbocycles. The van der Waals surface area contributed by atoms with Gasteiger partial charge < -0.3 is 19.5 Å². The normalized spacial score (nSPS) is 27.6. The second-order valence-corrected chi connectivity index (χ2v) is 11.0. The maximum Gasteiger partial charge on any atom is 0.343 e. The van der Waals surface area contributed by atoms with Crippen molar-refractivity contribution in [3.8, 4) is 11.4 Å². The summed E-state index contributed by atoms with van der Waals surface area (Å²) in [6.07, 6.45) is 3.02. The number of fused-ring (bicyclic) bond motifs is 6. The highest BCUT2D eigenvalue weighted by atomic mass is 19.1. The summed E-state index contributed by atoms with van der Waals surface area (Å²) in [7, 11) is 0. The number of esters is 1. The van der Waals surface area contributed by atoms with Crippen LogP contribution in [-0.4, -0.2) is 48.8 Å². The number of ether oxygens (including phenoxy) is 1. The van der Waals surface area contributed by atoms with Gasteiger partial charge in [0.15, 0.2) is 5.60 Å². The molecule has 37 heavy (non-hydrogen) atoms. The molecule has 5 aliphatic rings. The molecule has 1 aliphatic carbocycles. The number of pyridine rings is 2. The van der Waals surface area contributed by atoms with Crippen molar-refractivity contribution in [1.29, 1.82) is 0 Å². The molecule has 3 fully saturated rings. The third-order valence-corrected chi connectivity index (χ3v) is 9.32. The number of cyclic esters (lactones) is 1. The van der Waals surface area contributed by atoms with Crippen LogP contribution >= 0.6 is 0 Å². The maximum atomic E-state index is 14.7.